The van der Waals surface area contributed by atoms with Gasteiger partial charge < -0.3 is 5.32 Å². The Morgan fingerprint density at radius 2 is 2.00 bits per heavy atom. The molecule has 0 bridgehead atoms. The third kappa shape index (κ3) is 6.00. The highest BCUT2D eigenvalue weighted by Gasteiger charge is 2.17. The lowest BCUT2D eigenvalue weighted by Crippen LogP contribution is -2.22. The molecule has 0 amide bonds. The van der Waals surface area contributed by atoms with Crippen LogP contribution >= 0.6 is 0 Å². The Kier molecular flexibility index (Phi) is 4.90. The van der Waals surface area contributed by atoms with Gasteiger partial charge in [-0.2, -0.15) is 0 Å². The van der Waals surface area contributed by atoms with Crippen molar-refractivity contribution in [3.05, 3.63) is 18.1 Å². The molecule has 0 aliphatic heterocycles. The summed E-state index contributed by atoms with van der Waals surface area (Å²) in [4.78, 5) is 8.71. The Morgan fingerprint density at radius 1 is 1.37 bits per heavy atom. The van der Waals surface area contributed by atoms with E-state index in [2.05, 4.69) is 36.1 Å². The lowest BCUT2D eigenvalue weighted by atomic mass is 9.96. The van der Waals surface area contributed by atoms with E-state index in [1.165, 1.54) is 6.26 Å². The Bertz CT molecular complexity index is 521. The first kappa shape index (κ1) is 15.9. The van der Waals surface area contributed by atoms with Crippen molar-refractivity contribution in [3.8, 4) is 0 Å². The molecule has 0 radical (unpaired) electrons. The highest BCUT2D eigenvalue weighted by atomic mass is 32.2. The van der Waals surface area contributed by atoms with Crippen LogP contribution in [0, 0.1) is 0 Å². The third-order valence-electron chi connectivity index (χ3n) is 2.64. The van der Waals surface area contributed by atoms with E-state index < -0.39 is 9.84 Å². The van der Waals surface area contributed by atoms with Crippen LogP contribution in [0.5, 0.6) is 0 Å². The van der Waals surface area contributed by atoms with Crippen LogP contribution in [0.2, 0.25) is 0 Å². The van der Waals surface area contributed by atoms with Gasteiger partial charge in [0.2, 0.25) is 0 Å². The van der Waals surface area contributed by atoms with E-state index in [4.69, 9.17) is 0 Å². The number of aromatic nitrogens is 2. The van der Waals surface area contributed by atoms with Crippen molar-refractivity contribution >= 4 is 15.7 Å². The highest BCUT2D eigenvalue weighted by Crippen LogP contribution is 2.19. The topological polar surface area (TPSA) is 72.0 Å². The standard InChI is InChI=1S/C13H23N3O2S/c1-10(7-9-19(5,17)18)15-11-6-8-14-12(16-11)13(2,3)4/h6,8,10H,7,9H2,1-5H3,(H,14,15,16). The minimum atomic E-state index is -2.92. The smallest absolute Gasteiger partial charge is 0.147 e. The molecule has 1 atom stereocenters. The van der Waals surface area contributed by atoms with E-state index >= 15 is 0 Å². The van der Waals surface area contributed by atoms with Crippen molar-refractivity contribution in [2.75, 3.05) is 17.3 Å². The van der Waals surface area contributed by atoms with Crippen LogP contribution in [-0.2, 0) is 15.3 Å². The lowest BCUT2D eigenvalue weighted by molar-refractivity contribution is 0.545. The van der Waals surface area contributed by atoms with Gasteiger partial charge in [-0.3, -0.25) is 0 Å². The molecule has 0 spiro atoms. The van der Waals surface area contributed by atoms with Gasteiger partial charge in [0, 0.05) is 23.9 Å². The summed E-state index contributed by atoms with van der Waals surface area (Å²) < 4.78 is 22.2. The molecule has 1 aromatic rings. The molecule has 0 aromatic carbocycles. The Labute approximate surface area is 115 Å². The monoisotopic (exact) mass is 285 g/mol. The SMILES string of the molecule is CC(CCS(C)(=O)=O)Nc1ccnc(C(C)(C)C)n1. The second kappa shape index (κ2) is 5.86. The van der Waals surface area contributed by atoms with E-state index in [-0.39, 0.29) is 17.2 Å². The van der Waals surface area contributed by atoms with Crippen LogP contribution in [0.15, 0.2) is 12.3 Å². The van der Waals surface area contributed by atoms with Gasteiger partial charge in [0.25, 0.3) is 0 Å². The van der Waals surface area contributed by atoms with Crippen LogP contribution in [0.25, 0.3) is 0 Å². The highest BCUT2D eigenvalue weighted by molar-refractivity contribution is 7.90. The van der Waals surface area contributed by atoms with E-state index in [1.807, 2.05) is 6.92 Å². The number of hydrogen-bond donors (Lipinski definition) is 1. The lowest BCUT2D eigenvalue weighted by Gasteiger charge is -2.19. The molecular formula is C13H23N3O2S. The third-order valence-corrected chi connectivity index (χ3v) is 3.62. The molecule has 0 aliphatic carbocycles. The van der Waals surface area contributed by atoms with Gasteiger partial charge in [0.15, 0.2) is 0 Å². The molecule has 6 heteroatoms. The van der Waals surface area contributed by atoms with Crippen molar-refractivity contribution in [3.63, 3.8) is 0 Å². The van der Waals surface area contributed by atoms with Gasteiger partial charge in [-0.05, 0) is 19.4 Å². The van der Waals surface area contributed by atoms with Gasteiger partial charge in [-0.25, -0.2) is 18.4 Å². The van der Waals surface area contributed by atoms with Crippen LogP contribution < -0.4 is 5.32 Å². The maximum Gasteiger partial charge on any atom is 0.147 e. The van der Waals surface area contributed by atoms with E-state index in [0.29, 0.717) is 6.42 Å². The maximum atomic E-state index is 11.1. The summed E-state index contributed by atoms with van der Waals surface area (Å²) in [5.74, 6) is 1.69. The predicted molar refractivity (Wildman–Crippen MR) is 78.1 cm³/mol. The summed E-state index contributed by atoms with van der Waals surface area (Å²) in [5.41, 5.74) is -0.103. The summed E-state index contributed by atoms with van der Waals surface area (Å²) in [5, 5.41) is 3.21. The van der Waals surface area contributed by atoms with Crippen LogP contribution in [0.1, 0.15) is 39.9 Å². The Balaban J connectivity index is 2.67. The Morgan fingerprint density at radius 3 is 2.53 bits per heavy atom. The molecule has 108 valence electrons. The molecule has 5 nitrogen and oxygen atoms in total. The fourth-order valence-electron chi connectivity index (χ4n) is 1.52. The molecule has 1 aromatic heterocycles. The quantitative estimate of drug-likeness (QED) is 0.896. The average Bonchev–Trinajstić information content (AvgIpc) is 2.25. The maximum absolute atomic E-state index is 11.1. The normalized spacial score (nSPS) is 14.2. The number of nitrogens with one attached hydrogen (secondary N) is 1. The summed E-state index contributed by atoms with van der Waals surface area (Å²) >= 11 is 0. The molecule has 0 aliphatic rings. The first-order valence-corrected chi connectivity index (χ1v) is 8.42. The van der Waals surface area contributed by atoms with Crippen molar-refractivity contribution in [1.29, 1.82) is 0 Å². The second-order valence-corrected chi connectivity index (χ2v) is 8.24. The minimum Gasteiger partial charge on any atom is -0.367 e. The van der Waals surface area contributed by atoms with Crippen LogP contribution in [0.4, 0.5) is 5.82 Å². The second-order valence-electron chi connectivity index (χ2n) is 5.98. The van der Waals surface area contributed by atoms with Crippen LogP contribution in [-0.4, -0.2) is 36.4 Å². The fourth-order valence-corrected chi connectivity index (χ4v) is 2.30. The van der Waals surface area contributed by atoms with Crippen molar-refractivity contribution in [2.45, 2.75) is 45.6 Å². The zero-order valence-electron chi connectivity index (χ0n) is 12.3. The molecule has 19 heavy (non-hydrogen) atoms. The largest absolute Gasteiger partial charge is 0.367 e. The molecule has 0 saturated carbocycles. The zero-order valence-corrected chi connectivity index (χ0v) is 13.1. The molecule has 0 saturated heterocycles. The number of anilines is 1. The van der Waals surface area contributed by atoms with E-state index in [9.17, 15) is 8.42 Å². The van der Waals surface area contributed by atoms with E-state index in [1.54, 1.807) is 12.3 Å². The van der Waals surface area contributed by atoms with Crippen molar-refractivity contribution < 1.29 is 8.42 Å². The zero-order chi connectivity index (χ0) is 14.7. The summed E-state index contributed by atoms with van der Waals surface area (Å²) in [7, 11) is -2.92. The molecule has 0 fully saturated rings. The first-order valence-electron chi connectivity index (χ1n) is 6.36. The number of rotatable bonds is 5. The average molecular weight is 285 g/mol. The number of hydrogen-bond acceptors (Lipinski definition) is 5. The molecule has 1 rings (SSSR count). The van der Waals surface area contributed by atoms with Gasteiger partial charge in [-0.1, -0.05) is 20.8 Å². The predicted octanol–water partition coefficient (Wildman–Crippen LogP) is 2.01. The number of sulfone groups is 1. The summed E-state index contributed by atoms with van der Waals surface area (Å²) in [6, 6.07) is 1.85. The van der Waals surface area contributed by atoms with Gasteiger partial charge in [-0.15, -0.1) is 0 Å². The molecule has 1 N–H and O–H groups in total. The van der Waals surface area contributed by atoms with Gasteiger partial charge >= 0.3 is 0 Å². The first-order chi connectivity index (χ1) is 8.58. The molecule has 1 heterocycles. The van der Waals surface area contributed by atoms with Gasteiger partial charge in [0.05, 0.1) is 5.75 Å². The van der Waals surface area contributed by atoms with E-state index in [0.717, 1.165) is 11.6 Å². The summed E-state index contributed by atoms with van der Waals surface area (Å²) in [6.45, 7) is 8.11. The van der Waals surface area contributed by atoms with Gasteiger partial charge in [0.1, 0.15) is 21.5 Å². The minimum absolute atomic E-state index is 0.0532. The fraction of sp³-hybridized carbons (Fsp3) is 0.692. The van der Waals surface area contributed by atoms with Crippen molar-refractivity contribution in [1.82, 2.24) is 9.97 Å². The summed E-state index contributed by atoms with van der Waals surface area (Å²) in [6.07, 6.45) is 3.54. The molecule has 1 unspecified atom stereocenters. The van der Waals surface area contributed by atoms with Crippen LogP contribution in [0.3, 0.4) is 0 Å². The molecular weight excluding hydrogens is 262 g/mol. The number of nitrogens with zero attached hydrogens (tertiary/aromatic N) is 2. The Hall–Kier alpha value is -1.17. The van der Waals surface area contributed by atoms with Crippen molar-refractivity contribution in [2.24, 2.45) is 0 Å².